The number of rotatable bonds is 2. The number of aldehydes is 1. The molecule has 0 aromatic carbocycles. The van der Waals surface area contributed by atoms with Gasteiger partial charge >= 0.3 is 0 Å². The fourth-order valence-electron chi connectivity index (χ4n) is 1.01. The third-order valence-electron chi connectivity index (χ3n) is 1.62. The van der Waals surface area contributed by atoms with Crippen LogP contribution in [-0.4, -0.2) is 16.3 Å². The van der Waals surface area contributed by atoms with Crippen LogP contribution in [0.4, 0.5) is 0 Å². The standard InChI is InChI=1S/C9H5ClN2OS/c10-8-1-2-11-9(12-8)6-3-7(4-13)14-5-6/h1-5H. The maximum Gasteiger partial charge on any atom is 0.161 e. The van der Waals surface area contributed by atoms with Crippen molar-refractivity contribution >= 4 is 29.2 Å². The number of nitrogens with zero attached hydrogens (tertiary/aromatic N) is 2. The van der Waals surface area contributed by atoms with Gasteiger partial charge in [0.25, 0.3) is 0 Å². The first kappa shape index (κ1) is 9.30. The Balaban J connectivity index is 2.43. The van der Waals surface area contributed by atoms with Crippen LogP contribution in [0.25, 0.3) is 11.4 Å². The van der Waals surface area contributed by atoms with Gasteiger partial charge in [0.1, 0.15) is 5.15 Å². The molecule has 3 nitrogen and oxygen atoms in total. The summed E-state index contributed by atoms with van der Waals surface area (Å²) in [6.07, 6.45) is 2.39. The zero-order chi connectivity index (χ0) is 9.97. The second-order valence-corrected chi connectivity index (χ2v) is 3.89. The van der Waals surface area contributed by atoms with Crippen molar-refractivity contribution in [1.82, 2.24) is 9.97 Å². The normalized spacial score (nSPS) is 10.1. The van der Waals surface area contributed by atoms with Gasteiger partial charge in [0.2, 0.25) is 0 Å². The van der Waals surface area contributed by atoms with Crippen molar-refractivity contribution in [3.8, 4) is 11.4 Å². The molecular weight excluding hydrogens is 220 g/mol. The number of halogens is 1. The van der Waals surface area contributed by atoms with E-state index in [0.29, 0.717) is 15.9 Å². The van der Waals surface area contributed by atoms with Gasteiger partial charge in [-0.15, -0.1) is 11.3 Å². The van der Waals surface area contributed by atoms with Gasteiger partial charge in [-0.1, -0.05) is 11.6 Å². The molecule has 70 valence electrons. The van der Waals surface area contributed by atoms with Crippen LogP contribution >= 0.6 is 22.9 Å². The van der Waals surface area contributed by atoms with Gasteiger partial charge < -0.3 is 0 Å². The van der Waals surface area contributed by atoms with Crippen molar-refractivity contribution < 1.29 is 4.79 Å². The van der Waals surface area contributed by atoms with E-state index in [1.165, 1.54) is 11.3 Å². The van der Waals surface area contributed by atoms with Gasteiger partial charge in [0.05, 0.1) is 4.88 Å². The Hall–Kier alpha value is -1.26. The van der Waals surface area contributed by atoms with Gasteiger partial charge in [-0.05, 0) is 12.1 Å². The molecule has 2 aromatic rings. The van der Waals surface area contributed by atoms with Crippen LogP contribution in [-0.2, 0) is 0 Å². The highest BCUT2D eigenvalue weighted by molar-refractivity contribution is 7.12. The molecule has 0 radical (unpaired) electrons. The summed E-state index contributed by atoms with van der Waals surface area (Å²) in [6, 6.07) is 3.35. The summed E-state index contributed by atoms with van der Waals surface area (Å²) >= 11 is 7.08. The van der Waals surface area contributed by atoms with Gasteiger partial charge in [-0.2, -0.15) is 0 Å². The first-order valence-corrected chi connectivity index (χ1v) is 5.08. The van der Waals surface area contributed by atoms with E-state index in [2.05, 4.69) is 9.97 Å². The van der Waals surface area contributed by atoms with Crippen molar-refractivity contribution in [3.63, 3.8) is 0 Å². The third-order valence-corrected chi connectivity index (χ3v) is 2.68. The number of carbonyl (C=O) groups is 1. The molecule has 0 bridgehead atoms. The predicted octanol–water partition coefficient (Wildman–Crippen LogP) is 2.67. The topological polar surface area (TPSA) is 42.9 Å². The number of aromatic nitrogens is 2. The molecule has 0 fully saturated rings. The Morgan fingerprint density at radius 1 is 1.50 bits per heavy atom. The average Bonchev–Trinajstić information content (AvgIpc) is 2.66. The zero-order valence-electron chi connectivity index (χ0n) is 6.98. The Labute approximate surface area is 89.4 Å². The van der Waals surface area contributed by atoms with Crippen molar-refractivity contribution in [2.45, 2.75) is 0 Å². The van der Waals surface area contributed by atoms with Gasteiger partial charge in [-0.25, -0.2) is 9.97 Å². The lowest BCUT2D eigenvalue weighted by Crippen LogP contribution is -1.85. The molecule has 14 heavy (non-hydrogen) atoms. The highest BCUT2D eigenvalue weighted by Crippen LogP contribution is 2.22. The molecule has 0 aliphatic heterocycles. The van der Waals surface area contributed by atoms with Crippen LogP contribution in [0.5, 0.6) is 0 Å². The molecule has 2 aromatic heterocycles. The molecule has 0 amide bonds. The minimum Gasteiger partial charge on any atom is -0.297 e. The monoisotopic (exact) mass is 224 g/mol. The Bertz CT molecular complexity index is 469. The van der Waals surface area contributed by atoms with E-state index >= 15 is 0 Å². The summed E-state index contributed by atoms with van der Waals surface area (Å²) in [7, 11) is 0. The van der Waals surface area contributed by atoms with Crippen LogP contribution in [0.2, 0.25) is 5.15 Å². The predicted molar refractivity (Wildman–Crippen MR) is 55.7 cm³/mol. The fourth-order valence-corrected chi connectivity index (χ4v) is 1.83. The van der Waals surface area contributed by atoms with Crippen molar-refractivity contribution in [2.24, 2.45) is 0 Å². The third kappa shape index (κ3) is 1.81. The SMILES string of the molecule is O=Cc1cc(-c2nccc(Cl)n2)cs1. The van der Waals surface area contributed by atoms with E-state index in [4.69, 9.17) is 11.6 Å². The molecular formula is C9H5ClN2OS. The number of thiophene rings is 1. The van der Waals surface area contributed by atoms with Crippen molar-refractivity contribution in [2.75, 3.05) is 0 Å². The van der Waals surface area contributed by atoms with Crippen LogP contribution in [0.1, 0.15) is 9.67 Å². The maximum absolute atomic E-state index is 10.5. The van der Waals surface area contributed by atoms with Crippen LogP contribution < -0.4 is 0 Å². The lowest BCUT2D eigenvalue weighted by Gasteiger charge is -1.94. The van der Waals surface area contributed by atoms with E-state index < -0.39 is 0 Å². The molecule has 0 atom stereocenters. The molecule has 0 aliphatic rings. The molecule has 2 heterocycles. The summed E-state index contributed by atoms with van der Waals surface area (Å²) in [5.74, 6) is 0.543. The Morgan fingerprint density at radius 3 is 3.00 bits per heavy atom. The van der Waals surface area contributed by atoms with Crippen molar-refractivity contribution in [3.05, 3.63) is 33.7 Å². The zero-order valence-corrected chi connectivity index (χ0v) is 8.55. The molecule has 2 rings (SSSR count). The average molecular weight is 225 g/mol. The van der Waals surface area contributed by atoms with E-state index in [9.17, 15) is 4.79 Å². The molecule has 0 saturated heterocycles. The van der Waals surface area contributed by atoms with Crippen LogP contribution in [0, 0.1) is 0 Å². The van der Waals surface area contributed by atoms with Crippen LogP contribution in [0.15, 0.2) is 23.7 Å². The second kappa shape index (κ2) is 3.86. The summed E-state index contributed by atoms with van der Waals surface area (Å²) < 4.78 is 0. The van der Waals surface area contributed by atoms with E-state index in [0.717, 1.165) is 11.8 Å². The lowest BCUT2D eigenvalue weighted by atomic mass is 10.3. The molecule has 0 aliphatic carbocycles. The molecule has 0 spiro atoms. The van der Waals surface area contributed by atoms with Gasteiger partial charge in [-0.3, -0.25) is 4.79 Å². The minimum absolute atomic E-state index is 0.397. The van der Waals surface area contributed by atoms with Crippen LogP contribution in [0.3, 0.4) is 0 Å². The summed E-state index contributed by atoms with van der Waals surface area (Å²) in [5.41, 5.74) is 0.819. The number of hydrogen-bond donors (Lipinski definition) is 0. The first-order valence-electron chi connectivity index (χ1n) is 3.82. The fraction of sp³-hybridized carbons (Fsp3) is 0. The number of hydrogen-bond acceptors (Lipinski definition) is 4. The second-order valence-electron chi connectivity index (χ2n) is 2.56. The van der Waals surface area contributed by atoms with Gasteiger partial charge in [0.15, 0.2) is 12.1 Å². The highest BCUT2D eigenvalue weighted by Gasteiger charge is 2.04. The minimum atomic E-state index is 0.397. The van der Waals surface area contributed by atoms with Gasteiger partial charge in [0, 0.05) is 17.1 Å². The number of carbonyl (C=O) groups excluding carboxylic acids is 1. The molecule has 0 saturated carbocycles. The summed E-state index contributed by atoms with van der Waals surface area (Å²) in [4.78, 5) is 19.2. The maximum atomic E-state index is 10.5. The summed E-state index contributed by atoms with van der Waals surface area (Å²) in [6.45, 7) is 0. The first-order chi connectivity index (χ1) is 6.79. The summed E-state index contributed by atoms with van der Waals surface area (Å²) in [5, 5.41) is 2.23. The smallest absolute Gasteiger partial charge is 0.161 e. The van der Waals surface area contributed by atoms with E-state index in [1.807, 2.05) is 5.38 Å². The quantitative estimate of drug-likeness (QED) is 0.582. The Morgan fingerprint density at radius 2 is 2.36 bits per heavy atom. The molecule has 0 unspecified atom stereocenters. The largest absolute Gasteiger partial charge is 0.297 e. The molecule has 5 heteroatoms. The lowest BCUT2D eigenvalue weighted by molar-refractivity contribution is 0.112. The highest BCUT2D eigenvalue weighted by atomic mass is 35.5. The van der Waals surface area contributed by atoms with E-state index in [1.54, 1.807) is 18.3 Å². The van der Waals surface area contributed by atoms with E-state index in [-0.39, 0.29) is 0 Å². The van der Waals surface area contributed by atoms with Crippen molar-refractivity contribution in [1.29, 1.82) is 0 Å². The Kier molecular flexibility index (Phi) is 2.56. The molecule has 0 N–H and O–H groups in total.